The van der Waals surface area contributed by atoms with Crippen LogP contribution in [0, 0.1) is 0 Å². The fourth-order valence-corrected chi connectivity index (χ4v) is 1.85. The molecule has 2 aromatic carbocycles. The lowest BCUT2D eigenvalue weighted by atomic mass is 10.2. The van der Waals surface area contributed by atoms with Crippen molar-refractivity contribution in [2.75, 3.05) is 0 Å². The number of halogens is 1. The quantitative estimate of drug-likeness (QED) is 0.663. The van der Waals surface area contributed by atoms with Crippen molar-refractivity contribution < 1.29 is 4.74 Å². The Morgan fingerprint density at radius 2 is 1.61 bits per heavy atom. The van der Waals surface area contributed by atoms with Gasteiger partial charge in [-0.3, -0.25) is 0 Å². The van der Waals surface area contributed by atoms with Crippen molar-refractivity contribution in [1.29, 1.82) is 0 Å². The summed E-state index contributed by atoms with van der Waals surface area (Å²) in [5.41, 5.74) is 0.920. The zero-order chi connectivity index (χ0) is 12.4. The first-order valence-corrected chi connectivity index (χ1v) is 5.98. The Balaban J connectivity index is 1.92. The number of para-hydroxylation sites is 1. The summed E-state index contributed by atoms with van der Waals surface area (Å²) in [6, 6.07) is 19.0. The third-order valence-electron chi connectivity index (χ3n) is 2.61. The molecule has 0 aliphatic rings. The molecule has 0 N–H and O–H groups in total. The summed E-state index contributed by atoms with van der Waals surface area (Å²) in [4.78, 5) is 4.44. The number of ether oxygens (including phenoxy) is 1. The lowest BCUT2D eigenvalue weighted by Crippen LogP contribution is -1.88. The van der Waals surface area contributed by atoms with Crippen LogP contribution in [-0.2, 0) is 0 Å². The van der Waals surface area contributed by atoms with E-state index in [1.165, 1.54) is 0 Å². The molecule has 0 bridgehead atoms. The highest BCUT2D eigenvalue weighted by Crippen LogP contribution is 2.23. The average Bonchev–Trinajstić information content (AvgIpc) is 2.41. The van der Waals surface area contributed by atoms with E-state index < -0.39 is 0 Å². The Kier molecular flexibility index (Phi) is 2.87. The molecule has 0 unspecified atom stereocenters. The van der Waals surface area contributed by atoms with E-state index in [-0.39, 0.29) is 0 Å². The Bertz CT molecular complexity index is 679. The van der Waals surface area contributed by atoms with Gasteiger partial charge in [-0.15, -0.1) is 0 Å². The number of rotatable bonds is 2. The van der Waals surface area contributed by atoms with Crippen LogP contribution in [-0.4, -0.2) is 4.98 Å². The van der Waals surface area contributed by atoms with Crippen LogP contribution in [0.5, 0.6) is 11.6 Å². The second-order valence-electron chi connectivity index (χ2n) is 3.90. The minimum Gasteiger partial charge on any atom is -0.439 e. The van der Waals surface area contributed by atoms with E-state index in [9.17, 15) is 0 Å². The molecule has 0 amide bonds. The number of fused-ring (bicyclic) bond motifs is 1. The van der Waals surface area contributed by atoms with Gasteiger partial charge in [-0.25, -0.2) is 4.98 Å². The second-order valence-corrected chi connectivity index (χ2v) is 4.33. The maximum Gasteiger partial charge on any atom is 0.219 e. The van der Waals surface area contributed by atoms with E-state index in [1.54, 1.807) is 12.1 Å². The standard InChI is InChI=1S/C15H10ClNO/c16-12-6-8-13(9-7-12)18-15-10-5-11-3-1-2-4-14(11)17-15/h1-10H. The fraction of sp³-hybridized carbons (Fsp3) is 0. The van der Waals surface area contributed by atoms with E-state index in [0.29, 0.717) is 10.9 Å². The number of pyridine rings is 1. The highest BCUT2D eigenvalue weighted by Gasteiger charge is 2.00. The minimum absolute atomic E-state index is 0.580. The third kappa shape index (κ3) is 2.29. The zero-order valence-corrected chi connectivity index (χ0v) is 10.3. The Morgan fingerprint density at radius 1 is 0.833 bits per heavy atom. The van der Waals surface area contributed by atoms with Gasteiger partial charge in [-0.2, -0.15) is 0 Å². The number of nitrogens with zero attached hydrogens (tertiary/aromatic N) is 1. The fourth-order valence-electron chi connectivity index (χ4n) is 1.73. The normalized spacial score (nSPS) is 10.5. The van der Waals surface area contributed by atoms with Gasteiger partial charge < -0.3 is 4.74 Å². The van der Waals surface area contributed by atoms with Gasteiger partial charge in [0.25, 0.3) is 0 Å². The molecular formula is C15H10ClNO. The summed E-state index contributed by atoms with van der Waals surface area (Å²) in [5.74, 6) is 1.30. The Hall–Kier alpha value is -2.06. The number of aromatic nitrogens is 1. The molecular weight excluding hydrogens is 246 g/mol. The zero-order valence-electron chi connectivity index (χ0n) is 9.51. The van der Waals surface area contributed by atoms with Crippen LogP contribution < -0.4 is 4.74 Å². The maximum absolute atomic E-state index is 5.82. The minimum atomic E-state index is 0.580. The smallest absolute Gasteiger partial charge is 0.219 e. The molecule has 3 rings (SSSR count). The van der Waals surface area contributed by atoms with Gasteiger partial charge >= 0.3 is 0 Å². The summed E-state index contributed by atoms with van der Waals surface area (Å²) in [6.07, 6.45) is 0. The van der Waals surface area contributed by atoms with Crippen LogP contribution in [0.1, 0.15) is 0 Å². The maximum atomic E-state index is 5.82. The summed E-state index contributed by atoms with van der Waals surface area (Å²) >= 11 is 5.82. The lowest BCUT2D eigenvalue weighted by molar-refractivity contribution is 0.465. The SMILES string of the molecule is Clc1ccc(Oc2ccc3ccccc3n2)cc1. The molecule has 2 nitrogen and oxygen atoms in total. The van der Waals surface area contributed by atoms with E-state index in [0.717, 1.165) is 16.7 Å². The van der Waals surface area contributed by atoms with Crippen molar-refractivity contribution >= 4 is 22.5 Å². The predicted molar refractivity (Wildman–Crippen MR) is 73.3 cm³/mol. The predicted octanol–water partition coefficient (Wildman–Crippen LogP) is 4.68. The average molecular weight is 256 g/mol. The molecule has 1 aromatic heterocycles. The molecule has 88 valence electrons. The van der Waals surface area contributed by atoms with Crippen LogP contribution in [0.2, 0.25) is 5.02 Å². The first-order chi connectivity index (χ1) is 8.81. The number of hydrogen-bond donors (Lipinski definition) is 0. The van der Waals surface area contributed by atoms with Crippen molar-refractivity contribution in [3.63, 3.8) is 0 Å². The first kappa shape index (κ1) is 11.1. The largest absolute Gasteiger partial charge is 0.439 e. The Labute approximate surface area is 110 Å². The molecule has 0 fully saturated rings. The van der Waals surface area contributed by atoms with E-state index in [2.05, 4.69) is 4.98 Å². The van der Waals surface area contributed by atoms with Crippen LogP contribution in [0.3, 0.4) is 0 Å². The number of hydrogen-bond acceptors (Lipinski definition) is 2. The highest BCUT2D eigenvalue weighted by molar-refractivity contribution is 6.30. The van der Waals surface area contributed by atoms with Gasteiger partial charge in [-0.05, 0) is 36.4 Å². The molecule has 0 aliphatic carbocycles. The van der Waals surface area contributed by atoms with E-state index in [4.69, 9.17) is 16.3 Å². The molecule has 0 aliphatic heterocycles. The van der Waals surface area contributed by atoms with Gasteiger partial charge in [0.1, 0.15) is 5.75 Å². The molecule has 3 aromatic rings. The van der Waals surface area contributed by atoms with Crippen LogP contribution in [0.15, 0.2) is 60.7 Å². The van der Waals surface area contributed by atoms with E-state index in [1.807, 2.05) is 48.5 Å². The van der Waals surface area contributed by atoms with E-state index >= 15 is 0 Å². The molecule has 18 heavy (non-hydrogen) atoms. The molecule has 0 saturated heterocycles. The van der Waals surface area contributed by atoms with Crippen molar-refractivity contribution in [3.8, 4) is 11.6 Å². The molecule has 1 heterocycles. The van der Waals surface area contributed by atoms with Crippen molar-refractivity contribution in [2.45, 2.75) is 0 Å². The summed E-state index contributed by atoms with van der Waals surface area (Å²) in [5, 5.41) is 1.79. The monoisotopic (exact) mass is 255 g/mol. The third-order valence-corrected chi connectivity index (χ3v) is 2.86. The van der Waals surface area contributed by atoms with Gasteiger partial charge in [0.2, 0.25) is 5.88 Å². The van der Waals surface area contributed by atoms with Gasteiger partial charge in [0.05, 0.1) is 5.52 Å². The van der Waals surface area contributed by atoms with Crippen molar-refractivity contribution in [1.82, 2.24) is 4.98 Å². The summed E-state index contributed by atoms with van der Waals surface area (Å²) in [6.45, 7) is 0. The van der Waals surface area contributed by atoms with Gasteiger partial charge in [-0.1, -0.05) is 29.8 Å². The Morgan fingerprint density at radius 3 is 2.44 bits per heavy atom. The van der Waals surface area contributed by atoms with Gasteiger partial charge in [0, 0.05) is 16.5 Å². The molecule has 0 saturated carbocycles. The van der Waals surface area contributed by atoms with Crippen molar-refractivity contribution in [3.05, 3.63) is 65.7 Å². The molecule has 3 heteroatoms. The van der Waals surface area contributed by atoms with Gasteiger partial charge in [0.15, 0.2) is 0 Å². The lowest BCUT2D eigenvalue weighted by Gasteiger charge is -2.05. The van der Waals surface area contributed by atoms with Crippen LogP contribution >= 0.6 is 11.6 Å². The topological polar surface area (TPSA) is 22.1 Å². The number of benzene rings is 2. The van der Waals surface area contributed by atoms with Crippen LogP contribution in [0.25, 0.3) is 10.9 Å². The van der Waals surface area contributed by atoms with Crippen LogP contribution in [0.4, 0.5) is 0 Å². The summed E-state index contributed by atoms with van der Waals surface area (Å²) in [7, 11) is 0. The molecule has 0 atom stereocenters. The molecule has 0 spiro atoms. The van der Waals surface area contributed by atoms with Crippen molar-refractivity contribution in [2.24, 2.45) is 0 Å². The molecule has 0 radical (unpaired) electrons. The second kappa shape index (κ2) is 4.67. The summed E-state index contributed by atoms with van der Waals surface area (Å²) < 4.78 is 5.67. The highest BCUT2D eigenvalue weighted by atomic mass is 35.5. The first-order valence-electron chi connectivity index (χ1n) is 5.60.